The number of hydrogen-bond donors (Lipinski definition) is 3. The quantitative estimate of drug-likeness (QED) is 0.743. The second kappa shape index (κ2) is 5.47. The Kier molecular flexibility index (Phi) is 4.21. The molecule has 16 heavy (non-hydrogen) atoms. The van der Waals surface area contributed by atoms with Crippen molar-refractivity contribution in [3.8, 4) is 0 Å². The molecule has 0 bridgehead atoms. The lowest BCUT2D eigenvalue weighted by Crippen LogP contribution is -2.39. The SMILES string of the molecule is CC1CNC(NNc2c(Cl)cccc2Cl)S1. The number of rotatable bonds is 3. The summed E-state index contributed by atoms with van der Waals surface area (Å²) in [6, 6.07) is 5.42. The molecule has 88 valence electrons. The minimum absolute atomic E-state index is 0.183. The van der Waals surface area contributed by atoms with Crippen LogP contribution in [0.3, 0.4) is 0 Å². The first-order chi connectivity index (χ1) is 7.66. The van der Waals surface area contributed by atoms with Gasteiger partial charge in [-0.3, -0.25) is 5.32 Å². The van der Waals surface area contributed by atoms with Crippen LogP contribution in [0, 0.1) is 0 Å². The van der Waals surface area contributed by atoms with Crippen LogP contribution >= 0.6 is 35.0 Å². The van der Waals surface area contributed by atoms with Gasteiger partial charge in [-0.1, -0.05) is 36.2 Å². The second-order valence-corrected chi connectivity index (χ2v) is 5.96. The summed E-state index contributed by atoms with van der Waals surface area (Å²) in [6.45, 7) is 3.18. The highest BCUT2D eigenvalue weighted by Gasteiger charge is 2.20. The van der Waals surface area contributed by atoms with Crippen LogP contribution in [0.15, 0.2) is 18.2 Å². The molecule has 0 saturated carbocycles. The summed E-state index contributed by atoms with van der Waals surface area (Å²) in [7, 11) is 0. The lowest BCUT2D eigenvalue weighted by atomic mass is 10.3. The Morgan fingerprint density at radius 1 is 1.38 bits per heavy atom. The molecule has 6 heteroatoms. The van der Waals surface area contributed by atoms with Crippen LogP contribution in [0.1, 0.15) is 6.92 Å². The highest BCUT2D eigenvalue weighted by atomic mass is 35.5. The van der Waals surface area contributed by atoms with Gasteiger partial charge in [-0.2, -0.15) is 0 Å². The van der Waals surface area contributed by atoms with Crippen LogP contribution in [-0.2, 0) is 0 Å². The lowest BCUT2D eigenvalue weighted by molar-refractivity contribution is 0.619. The van der Waals surface area contributed by atoms with E-state index in [1.165, 1.54) is 0 Å². The number of anilines is 1. The minimum Gasteiger partial charge on any atom is -0.317 e. The highest BCUT2D eigenvalue weighted by molar-refractivity contribution is 8.00. The van der Waals surface area contributed by atoms with E-state index in [0.717, 1.165) is 6.54 Å². The fourth-order valence-electron chi connectivity index (χ4n) is 1.44. The molecule has 0 aromatic heterocycles. The summed E-state index contributed by atoms with van der Waals surface area (Å²) in [5.41, 5.74) is 7.09. The molecule has 2 unspecified atom stereocenters. The summed E-state index contributed by atoms with van der Waals surface area (Å²) in [5.74, 6) is 0. The zero-order valence-corrected chi connectivity index (χ0v) is 11.1. The number of hydrogen-bond acceptors (Lipinski definition) is 4. The Labute approximate surface area is 109 Å². The van der Waals surface area contributed by atoms with E-state index in [-0.39, 0.29) is 5.50 Å². The third-order valence-electron chi connectivity index (χ3n) is 2.25. The number of halogens is 2. The van der Waals surface area contributed by atoms with Crippen molar-refractivity contribution < 1.29 is 0 Å². The number of hydrazine groups is 1. The summed E-state index contributed by atoms with van der Waals surface area (Å²) in [6.07, 6.45) is 0. The van der Waals surface area contributed by atoms with Gasteiger partial charge in [0.05, 0.1) is 15.7 Å². The monoisotopic (exact) mass is 277 g/mol. The smallest absolute Gasteiger partial charge is 0.123 e. The Hall–Kier alpha value is -0.130. The van der Waals surface area contributed by atoms with E-state index in [2.05, 4.69) is 23.1 Å². The van der Waals surface area contributed by atoms with Crippen LogP contribution in [0.5, 0.6) is 0 Å². The number of para-hydroxylation sites is 1. The average molecular weight is 278 g/mol. The third kappa shape index (κ3) is 2.96. The van der Waals surface area contributed by atoms with Crippen molar-refractivity contribution in [2.75, 3.05) is 12.0 Å². The van der Waals surface area contributed by atoms with Gasteiger partial charge in [-0.15, -0.1) is 11.8 Å². The van der Waals surface area contributed by atoms with E-state index in [4.69, 9.17) is 23.2 Å². The molecule has 0 aliphatic carbocycles. The molecule has 3 N–H and O–H groups in total. The normalized spacial score (nSPS) is 24.7. The van der Waals surface area contributed by atoms with Crippen LogP contribution in [0.25, 0.3) is 0 Å². The minimum atomic E-state index is 0.183. The van der Waals surface area contributed by atoms with Crippen LogP contribution in [0.2, 0.25) is 10.0 Å². The average Bonchev–Trinajstić information content (AvgIpc) is 2.63. The van der Waals surface area contributed by atoms with Gasteiger partial charge < -0.3 is 5.43 Å². The fourth-order valence-corrected chi connectivity index (χ4v) is 2.91. The van der Waals surface area contributed by atoms with E-state index in [0.29, 0.717) is 21.0 Å². The summed E-state index contributed by atoms with van der Waals surface area (Å²) in [5, 5.41) is 5.15. The first-order valence-electron chi connectivity index (χ1n) is 5.01. The Bertz CT molecular complexity index is 355. The maximum Gasteiger partial charge on any atom is 0.123 e. The molecular weight excluding hydrogens is 265 g/mol. The van der Waals surface area contributed by atoms with E-state index in [9.17, 15) is 0 Å². The van der Waals surface area contributed by atoms with Crippen LogP contribution < -0.4 is 16.2 Å². The fraction of sp³-hybridized carbons (Fsp3) is 0.400. The molecule has 1 saturated heterocycles. The maximum absolute atomic E-state index is 6.03. The van der Waals surface area contributed by atoms with E-state index >= 15 is 0 Å². The van der Waals surface area contributed by atoms with Crippen molar-refractivity contribution in [3.05, 3.63) is 28.2 Å². The standard InChI is InChI=1S/C10H13Cl2N3S/c1-6-5-13-10(16-6)15-14-9-7(11)3-2-4-8(9)12/h2-4,6,10,13-15H,5H2,1H3. The molecule has 0 amide bonds. The Morgan fingerprint density at radius 2 is 2.06 bits per heavy atom. The molecule has 1 aliphatic rings. The molecule has 1 aromatic carbocycles. The molecular formula is C10H13Cl2N3S. The molecule has 2 rings (SSSR count). The van der Waals surface area contributed by atoms with Gasteiger partial charge in [0.2, 0.25) is 0 Å². The molecule has 1 heterocycles. The van der Waals surface area contributed by atoms with Gasteiger partial charge in [0.1, 0.15) is 5.50 Å². The Morgan fingerprint density at radius 3 is 2.62 bits per heavy atom. The maximum atomic E-state index is 6.03. The van der Waals surface area contributed by atoms with E-state index in [1.807, 2.05) is 17.8 Å². The van der Waals surface area contributed by atoms with Crippen molar-refractivity contribution in [3.63, 3.8) is 0 Å². The first kappa shape index (κ1) is 12.3. The topological polar surface area (TPSA) is 36.1 Å². The molecule has 0 spiro atoms. The van der Waals surface area contributed by atoms with Crippen molar-refractivity contribution >= 4 is 40.7 Å². The Balaban J connectivity index is 1.94. The molecule has 0 radical (unpaired) electrons. The van der Waals surface area contributed by atoms with Crippen molar-refractivity contribution in [2.45, 2.75) is 17.7 Å². The molecule has 3 nitrogen and oxygen atoms in total. The molecule has 1 fully saturated rings. The summed E-state index contributed by atoms with van der Waals surface area (Å²) < 4.78 is 0. The molecule has 1 aliphatic heterocycles. The largest absolute Gasteiger partial charge is 0.317 e. The third-order valence-corrected chi connectivity index (χ3v) is 4.07. The van der Waals surface area contributed by atoms with Crippen molar-refractivity contribution in [2.24, 2.45) is 0 Å². The number of nitrogens with one attached hydrogen (secondary N) is 3. The molecule has 1 aromatic rings. The van der Waals surface area contributed by atoms with Crippen LogP contribution in [-0.4, -0.2) is 17.3 Å². The lowest BCUT2D eigenvalue weighted by Gasteiger charge is -2.16. The van der Waals surface area contributed by atoms with E-state index < -0.39 is 0 Å². The van der Waals surface area contributed by atoms with Gasteiger partial charge >= 0.3 is 0 Å². The summed E-state index contributed by atoms with van der Waals surface area (Å²) in [4.78, 5) is 0. The first-order valence-corrected chi connectivity index (χ1v) is 6.71. The van der Waals surface area contributed by atoms with Crippen LogP contribution in [0.4, 0.5) is 5.69 Å². The van der Waals surface area contributed by atoms with Gasteiger partial charge in [-0.05, 0) is 12.1 Å². The van der Waals surface area contributed by atoms with Gasteiger partial charge in [0.25, 0.3) is 0 Å². The van der Waals surface area contributed by atoms with E-state index in [1.54, 1.807) is 12.1 Å². The summed E-state index contributed by atoms with van der Waals surface area (Å²) >= 11 is 13.9. The van der Waals surface area contributed by atoms with Gasteiger partial charge in [0, 0.05) is 11.8 Å². The molecule has 2 atom stereocenters. The van der Waals surface area contributed by atoms with Gasteiger partial charge in [0.15, 0.2) is 0 Å². The zero-order valence-electron chi connectivity index (χ0n) is 8.76. The van der Waals surface area contributed by atoms with Crippen molar-refractivity contribution in [1.29, 1.82) is 0 Å². The zero-order chi connectivity index (χ0) is 11.5. The second-order valence-electron chi connectivity index (χ2n) is 3.60. The van der Waals surface area contributed by atoms with Crippen molar-refractivity contribution in [1.82, 2.24) is 10.7 Å². The number of thioether (sulfide) groups is 1. The van der Waals surface area contributed by atoms with Gasteiger partial charge in [-0.25, -0.2) is 5.43 Å². The predicted molar refractivity (Wildman–Crippen MR) is 72.1 cm³/mol. The predicted octanol–water partition coefficient (Wildman–Crippen LogP) is 2.92. The highest BCUT2D eigenvalue weighted by Crippen LogP contribution is 2.29. The number of benzene rings is 1.